The standard InChI is InChI=1S/C19H18FN5O2S/c1-3-12-16-14(24-18(21)23-12)7-13(22-17(16)26)10-5-4-9(20)6-11(10)15-8-28-19(25-15)27-2/h4-6,8,13H,3,7H2,1-2H3,(H,22,26)(H2,21,23,24)/t13-/m1/s1. The van der Waals surface area contributed by atoms with Gasteiger partial charge in [0.1, 0.15) is 5.82 Å². The fraction of sp³-hybridized carbons (Fsp3) is 0.263. The third kappa shape index (κ3) is 3.18. The molecule has 1 atom stereocenters. The average molecular weight is 399 g/mol. The molecule has 0 bridgehead atoms. The summed E-state index contributed by atoms with van der Waals surface area (Å²) >= 11 is 1.32. The predicted molar refractivity (Wildman–Crippen MR) is 104 cm³/mol. The summed E-state index contributed by atoms with van der Waals surface area (Å²) in [6, 6.07) is 4.06. The number of rotatable bonds is 4. The molecule has 7 nitrogen and oxygen atoms in total. The Morgan fingerprint density at radius 1 is 1.36 bits per heavy atom. The van der Waals surface area contributed by atoms with Crippen molar-refractivity contribution in [3.8, 4) is 16.5 Å². The minimum Gasteiger partial charge on any atom is -0.473 e. The number of aromatic nitrogens is 3. The van der Waals surface area contributed by atoms with E-state index in [2.05, 4.69) is 20.3 Å². The maximum Gasteiger partial charge on any atom is 0.273 e. The highest BCUT2D eigenvalue weighted by atomic mass is 32.1. The molecule has 0 spiro atoms. The molecule has 9 heteroatoms. The number of aryl methyl sites for hydroxylation is 1. The quantitative estimate of drug-likeness (QED) is 0.699. The van der Waals surface area contributed by atoms with Gasteiger partial charge in [-0.2, -0.15) is 0 Å². The summed E-state index contributed by atoms with van der Waals surface area (Å²) < 4.78 is 19.1. The molecule has 3 heterocycles. The Morgan fingerprint density at radius 3 is 2.89 bits per heavy atom. The van der Waals surface area contributed by atoms with Gasteiger partial charge in [0.05, 0.1) is 35.8 Å². The number of hydrogen-bond acceptors (Lipinski definition) is 7. The lowest BCUT2D eigenvalue weighted by molar-refractivity contribution is 0.0922. The van der Waals surface area contributed by atoms with E-state index < -0.39 is 0 Å². The maximum atomic E-state index is 14.0. The fourth-order valence-electron chi connectivity index (χ4n) is 3.44. The number of nitrogens with two attached hydrogens (primary N) is 1. The van der Waals surface area contributed by atoms with E-state index in [1.54, 1.807) is 11.4 Å². The number of ether oxygens (including phenoxy) is 1. The molecule has 28 heavy (non-hydrogen) atoms. The van der Waals surface area contributed by atoms with Crippen molar-refractivity contribution in [1.29, 1.82) is 0 Å². The highest BCUT2D eigenvalue weighted by Crippen LogP contribution is 2.35. The lowest BCUT2D eigenvalue weighted by Gasteiger charge is -2.27. The molecule has 0 fully saturated rings. The number of anilines is 1. The molecule has 0 unspecified atom stereocenters. The van der Waals surface area contributed by atoms with Crippen LogP contribution in [-0.2, 0) is 12.8 Å². The number of carbonyl (C=O) groups excluding carboxylic acids is 1. The summed E-state index contributed by atoms with van der Waals surface area (Å²) in [6.45, 7) is 1.91. The average Bonchev–Trinajstić information content (AvgIpc) is 3.16. The Balaban J connectivity index is 1.79. The molecule has 4 rings (SSSR count). The van der Waals surface area contributed by atoms with E-state index in [-0.39, 0.29) is 23.7 Å². The molecule has 1 aliphatic heterocycles. The fourth-order valence-corrected chi connectivity index (χ4v) is 4.08. The van der Waals surface area contributed by atoms with Gasteiger partial charge in [-0.15, -0.1) is 0 Å². The largest absolute Gasteiger partial charge is 0.473 e. The van der Waals surface area contributed by atoms with Gasteiger partial charge in [-0.3, -0.25) is 4.79 Å². The molecule has 144 valence electrons. The number of thiazole rings is 1. The van der Waals surface area contributed by atoms with E-state index in [1.807, 2.05) is 6.92 Å². The molecule has 2 aromatic heterocycles. The maximum absolute atomic E-state index is 14.0. The van der Waals surface area contributed by atoms with Crippen molar-refractivity contribution in [2.75, 3.05) is 12.8 Å². The number of carbonyl (C=O) groups is 1. The predicted octanol–water partition coefficient (Wildman–Crippen LogP) is 2.92. The van der Waals surface area contributed by atoms with Crippen LogP contribution in [0.1, 0.15) is 40.3 Å². The van der Waals surface area contributed by atoms with Crippen LogP contribution in [0.5, 0.6) is 5.19 Å². The van der Waals surface area contributed by atoms with Gasteiger partial charge in [0.2, 0.25) is 5.95 Å². The van der Waals surface area contributed by atoms with Crippen LogP contribution < -0.4 is 15.8 Å². The summed E-state index contributed by atoms with van der Waals surface area (Å²) in [5.74, 6) is -0.491. The monoisotopic (exact) mass is 399 g/mol. The van der Waals surface area contributed by atoms with Gasteiger partial charge >= 0.3 is 0 Å². The van der Waals surface area contributed by atoms with Crippen molar-refractivity contribution in [2.24, 2.45) is 0 Å². The molecule has 1 aromatic carbocycles. The van der Waals surface area contributed by atoms with Crippen molar-refractivity contribution < 1.29 is 13.9 Å². The number of benzene rings is 1. The van der Waals surface area contributed by atoms with Gasteiger partial charge in [0.15, 0.2) is 0 Å². The molecular weight excluding hydrogens is 381 g/mol. The van der Waals surface area contributed by atoms with Gasteiger partial charge in [0.25, 0.3) is 11.1 Å². The molecule has 3 aromatic rings. The van der Waals surface area contributed by atoms with Crippen molar-refractivity contribution in [2.45, 2.75) is 25.8 Å². The van der Waals surface area contributed by atoms with E-state index >= 15 is 0 Å². The number of hydrogen-bond donors (Lipinski definition) is 2. The third-order valence-electron chi connectivity index (χ3n) is 4.67. The second kappa shape index (κ2) is 7.16. The molecule has 3 N–H and O–H groups in total. The molecule has 0 aliphatic carbocycles. The topological polar surface area (TPSA) is 103 Å². The Labute approximate surface area is 164 Å². The van der Waals surface area contributed by atoms with Crippen LogP contribution in [0.15, 0.2) is 23.6 Å². The molecule has 0 radical (unpaired) electrons. The number of fused-ring (bicyclic) bond motifs is 1. The van der Waals surface area contributed by atoms with Gasteiger partial charge in [-0.05, 0) is 24.1 Å². The lowest BCUT2D eigenvalue weighted by atomic mass is 9.90. The van der Waals surface area contributed by atoms with E-state index in [4.69, 9.17) is 10.5 Å². The van der Waals surface area contributed by atoms with Crippen LogP contribution in [0.3, 0.4) is 0 Å². The summed E-state index contributed by atoms with van der Waals surface area (Å²) in [5, 5.41) is 5.28. The first-order chi connectivity index (χ1) is 13.5. The van der Waals surface area contributed by atoms with E-state index in [1.165, 1.54) is 30.6 Å². The summed E-state index contributed by atoms with van der Waals surface area (Å²) in [5.41, 5.74) is 9.47. The van der Waals surface area contributed by atoms with Gasteiger partial charge in [0, 0.05) is 17.4 Å². The van der Waals surface area contributed by atoms with Crippen molar-refractivity contribution in [1.82, 2.24) is 20.3 Å². The number of methoxy groups -OCH3 is 1. The Hall–Kier alpha value is -3.07. The Bertz CT molecular complexity index is 1070. The second-order valence-corrected chi connectivity index (χ2v) is 7.19. The first-order valence-electron chi connectivity index (χ1n) is 8.75. The van der Waals surface area contributed by atoms with E-state index in [0.29, 0.717) is 46.2 Å². The van der Waals surface area contributed by atoms with E-state index in [0.717, 1.165) is 5.56 Å². The smallest absolute Gasteiger partial charge is 0.273 e. The van der Waals surface area contributed by atoms with Crippen LogP contribution in [0.25, 0.3) is 11.3 Å². The van der Waals surface area contributed by atoms with Crippen LogP contribution in [0.2, 0.25) is 0 Å². The van der Waals surface area contributed by atoms with Crippen LogP contribution >= 0.6 is 11.3 Å². The Kier molecular flexibility index (Phi) is 4.68. The summed E-state index contributed by atoms with van der Waals surface area (Å²) in [6.07, 6.45) is 1.01. The highest BCUT2D eigenvalue weighted by molar-refractivity contribution is 7.11. The molecular formula is C19H18FN5O2S. The SMILES string of the molecule is CCc1nc(N)nc2c1C(=O)N[C@@H](c1ccc(F)cc1-c1csc(OC)n1)C2. The molecule has 1 aliphatic rings. The first-order valence-corrected chi connectivity index (χ1v) is 9.63. The van der Waals surface area contributed by atoms with Crippen LogP contribution in [0, 0.1) is 5.82 Å². The van der Waals surface area contributed by atoms with Gasteiger partial charge in [-0.1, -0.05) is 24.3 Å². The van der Waals surface area contributed by atoms with Crippen molar-refractivity contribution in [3.05, 3.63) is 51.9 Å². The normalized spacial score (nSPS) is 15.8. The third-order valence-corrected chi connectivity index (χ3v) is 5.47. The zero-order chi connectivity index (χ0) is 19.8. The molecule has 1 amide bonds. The summed E-state index contributed by atoms with van der Waals surface area (Å²) in [7, 11) is 1.53. The van der Waals surface area contributed by atoms with Crippen LogP contribution in [-0.4, -0.2) is 28.0 Å². The van der Waals surface area contributed by atoms with Crippen molar-refractivity contribution >= 4 is 23.2 Å². The minimum absolute atomic E-state index is 0.146. The number of amides is 1. The minimum atomic E-state index is -0.387. The Morgan fingerprint density at radius 2 is 2.18 bits per heavy atom. The number of halogens is 1. The lowest BCUT2D eigenvalue weighted by Crippen LogP contribution is -2.37. The zero-order valence-electron chi connectivity index (χ0n) is 15.3. The van der Waals surface area contributed by atoms with Crippen molar-refractivity contribution in [3.63, 3.8) is 0 Å². The zero-order valence-corrected chi connectivity index (χ0v) is 16.1. The number of nitrogens with zero attached hydrogens (tertiary/aromatic N) is 3. The number of nitrogens with one attached hydrogen (secondary N) is 1. The molecule has 0 saturated carbocycles. The van der Waals surface area contributed by atoms with Gasteiger partial charge < -0.3 is 15.8 Å². The highest BCUT2D eigenvalue weighted by Gasteiger charge is 2.31. The van der Waals surface area contributed by atoms with Crippen LogP contribution in [0.4, 0.5) is 10.3 Å². The van der Waals surface area contributed by atoms with E-state index in [9.17, 15) is 9.18 Å². The number of nitrogen functional groups attached to an aromatic ring is 1. The summed E-state index contributed by atoms with van der Waals surface area (Å²) in [4.78, 5) is 25.6. The van der Waals surface area contributed by atoms with Gasteiger partial charge in [-0.25, -0.2) is 19.3 Å². The second-order valence-electron chi connectivity index (χ2n) is 6.37. The first kappa shape index (κ1) is 18.3. The molecule has 0 saturated heterocycles.